The Hall–Kier alpha value is -3.47. The van der Waals surface area contributed by atoms with Crippen LogP contribution >= 0.6 is 0 Å². The third kappa shape index (κ3) is 5.06. The molecular weight excluding hydrogens is 460 g/mol. The first-order chi connectivity index (χ1) is 17.4. The predicted molar refractivity (Wildman–Crippen MR) is 135 cm³/mol. The lowest BCUT2D eigenvalue weighted by Crippen LogP contribution is -2.38. The van der Waals surface area contributed by atoms with Crippen LogP contribution in [0.25, 0.3) is 0 Å². The summed E-state index contributed by atoms with van der Waals surface area (Å²) in [5, 5.41) is 3.99. The number of pyridine rings is 1. The zero-order valence-corrected chi connectivity index (χ0v) is 21.1. The number of anilines is 2. The summed E-state index contributed by atoms with van der Waals surface area (Å²) in [4.78, 5) is 30.0. The van der Waals surface area contributed by atoms with E-state index in [0.717, 1.165) is 43.7 Å². The van der Waals surface area contributed by atoms with Crippen molar-refractivity contribution in [1.29, 1.82) is 0 Å². The van der Waals surface area contributed by atoms with E-state index in [9.17, 15) is 4.79 Å². The number of nitrogens with two attached hydrogens (primary N) is 1. The molecule has 0 bridgehead atoms. The van der Waals surface area contributed by atoms with E-state index >= 15 is 0 Å². The first kappa shape index (κ1) is 24.2. The van der Waals surface area contributed by atoms with Gasteiger partial charge in [0.1, 0.15) is 0 Å². The molecule has 11 heteroatoms. The number of hydrogen-bond acceptors (Lipinski definition) is 10. The Morgan fingerprint density at radius 2 is 1.92 bits per heavy atom. The Bertz CT molecular complexity index is 1220. The highest BCUT2D eigenvalue weighted by Crippen LogP contribution is 2.28. The van der Waals surface area contributed by atoms with Crippen molar-refractivity contribution in [2.24, 2.45) is 11.7 Å². The van der Waals surface area contributed by atoms with E-state index in [2.05, 4.69) is 31.9 Å². The lowest BCUT2D eigenvalue weighted by Gasteiger charge is -2.33. The molecule has 3 aromatic heterocycles. The standard InChI is InChI=1S/C25H34N8O3/c1-4-22-29-25(36-30-22)31-9-7-18(8-10-31)17(3)35-19-11-27-24(28-12-19)32-14-20(26)21(15-32)33-13-16(2)5-6-23(33)34/h5-6,11-13,17-18,20-21H,4,7-10,14-15,26H2,1-3H3/t17-,20-,21-/m0/s1. The molecule has 2 aliphatic heterocycles. The molecule has 0 saturated carbocycles. The Kier molecular flexibility index (Phi) is 6.90. The molecule has 0 spiro atoms. The Labute approximate surface area is 210 Å². The van der Waals surface area contributed by atoms with Crippen LogP contribution in [0.3, 0.4) is 0 Å². The van der Waals surface area contributed by atoms with Gasteiger partial charge in [-0.3, -0.25) is 4.79 Å². The molecule has 0 aromatic carbocycles. The fourth-order valence-corrected chi connectivity index (χ4v) is 5.06. The maximum absolute atomic E-state index is 12.4. The maximum Gasteiger partial charge on any atom is 0.324 e. The van der Waals surface area contributed by atoms with Crippen LogP contribution in [0.1, 0.15) is 44.1 Å². The third-order valence-electron chi connectivity index (χ3n) is 7.24. The number of ether oxygens (including phenoxy) is 1. The molecule has 2 saturated heterocycles. The normalized spacial score (nSPS) is 21.7. The Morgan fingerprint density at radius 1 is 1.17 bits per heavy atom. The van der Waals surface area contributed by atoms with Crippen LogP contribution in [0.5, 0.6) is 5.75 Å². The van der Waals surface area contributed by atoms with Crippen molar-refractivity contribution >= 4 is 12.0 Å². The molecule has 36 heavy (non-hydrogen) atoms. The van der Waals surface area contributed by atoms with Gasteiger partial charge in [-0.15, -0.1) is 0 Å². The van der Waals surface area contributed by atoms with Gasteiger partial charge in [-0.05, 0) is 38.2 Å². The second-order valence-electron chi connectivity index (χ2n) is 9.80. The van der Waals surface area contributed by atoms with Crippen molar-refractivity contribution in [2.45, 2.75) is 58.2 Å². The summed E-state index contributed by atoms with van der Waals surface area (Å²) in [6.45, 7) is 8.97. The van der Waals surface area contributed by atoms with Gasteiger partial charge in [-0.1, -0.05) is 18.1 Å². The maximum atomic E-state index is 12.4. The van der Waals surface area contributed by atoms with Crippen LogP contribution in [-0.4, -0.2) is 63.0 Å². The van der Waals surface area contributed by atoms with Crippen LogP contribution in [0.2, 0.25) is 0 Å². The van der Waals surface area contributed by atoms with Gasteiger partial charge in [0.2, 0.25) is 5.95 Å². The van der Waals surface area contributed by atoms with Crippen molar-refractivity contribution in [3.63, 3.8) is 0 Å². The number of rotatable bonds is 7. The fraction of sp³-hybridized carbons (Fsp3) is 0.560. The SMILES string of the molecule is CCc1noc(N2CCC([C@H](C)Oc3cnc(N4C[C@H](N)[C@@H](n5cc(C)ccc5=O)C4)nc3)CC2)n1. The van der Waals surface area contributed by atoms with Crippen LogP contribution < -0.4 is 25.8 Å². The molecule has 2 fully saturated rings. The summed E-state index contributed by atoms with van der Waals surface area (Å²) < 4.78 is 13.3. The van der Waals surface area contributed by atoms with E-state index in [1.807, 2.05) is 31.0 Å². The van der Waals surface area contributed by atoms with Gasteiger partial charge in [0.15, 0.2) is 11.6 Å². The summed E-state index contributed by atoms with van der Waals surface area (Å²) in [7, 11) is 0. The smallest absolute Gasteiger partial charge is 0.324 e. The summed E-state index contributed by atoms with van der Waals surface area (Å²) in [6, 6.07) is 3.71. The largest absolute Gasteiger partial charge is 0.487 e. The molecule has 3 aromatic rings. The molecule has 0 unspecified atom stereocenters. The highest BCUT2D eigenvalue weighted by molar-refractivity contribution is 5.35. The highest BCUT2D eigenvalue weighted by atomic mass is 16.5. The minimum absolute atomic E-state index is 0.0354. The zero-order chi connectivity index (χ0) is 25.2. The summed E-state index contributed by atoms with van der Waals surface area (Å²) in [6.07, 6.45) is 8.07. The van der Waals surface area contributed by atoms with E-state index < -0.39 is 0 Å². The van der Waals surface area contributed by atoms with Crippen molar-refractivity contribution < 1.29 is 9.26 Å². The number of hydrogen-bond donors (Lipinski definition) is 1. The predicted octanol–water partition coefficient (Wildman–Crippen LogP) is 1.96. The topological polar surface area (TPSA) is 128 Å². The minimum atomic E-state index is -0.185. The average molecular weight is 495 g/mol. The van der Waals surface area contributed by atoms with Crippen molar-refractivity contribution in [3.8, 4) is 5.75 Å². The first-order valence-electron chi connectivity index (χ1n) is 12.7. The molecule has 0 aliphatic carbocycles. The molecule has 3 atom stereocenters. The van der Waals surface area contributed by atoms with Crippen LogP contribution in [0.4, 0.5) is 12.0 Å². The van der Waals surface area contributed by atoms with E-state index in [1.54, 1.807) is 23.0 Å². The first-order valence-corrected chi connectivity index (χ1v) is 12.7. The highest BCUT2D eigenvalue weighted by Gasteiger charge is 2.33. The second kappa shape index (κ2) is 10.3. The minimum Gasteiger partial charge on any atom is -0.487 e. The van der Waals surface area contributed by atoms with Gasteiger partial charge < -0.3 is 29.4 Å². The second-order valence-corrected chi connectivity index (χ2v) is 9.80. The van der Waals surface area contributed by atoms with E-state index in [-0.39, 0.29) is 23.7 Å². The third-order valence-corrected chi connectivity index (χ3v) is 7.24. The average Bonchev–Trinajstić information content (AvgIpc) is 3.53. The molecule has 192 valence electrons. The van der Waals surface area contributed by atoms with Gasteiger partial charge in [0, 0.05) is 50.9 Å². The zero-order valence-electron chi connectivity index (χ0n) is 21.1. The van der Waals surface area contributed by atoms with Crippen LogP contribution in [0.15, 0.2) is 40.0 Å². The summed E-state index contributed by atoms with van der Waals surface area (Å²) in [5.74, 6) is 2.39. The van der Waals surface area contributed by atoms with Gasteiger partial charge in [-0.25, -0.2) is 9.97 Å². The van der Waals surface area contributed by atoms with Gasteiger partial charge in [-0.2, -0.15) is 4.98 Å². The van der Waals surface area contributed by atoms with Crippen LogP contribution in [-0.2, 0) is 6.42 Å². The van der Waals surface area contributed by atoms with Gasteiger partial charge >= 0.3 is 6.01 Å². The van der Waals surface area contributed by atoms with Crippen LogP contribution in [0, 0.1) is 12.8 Å². The molecule has 5 rings (SSSR count). The lowest BCUT2D eigenvalue weighted by molar-refractivity contribution is 0.131. The number of nitrogens with zero attached hydrogens (tertiary/aromatic N) is 7. The van der Waals surface area contributed by atoms with Gasteiger partial charge in [0.25, 0.3) is 5.56 Å². The summed E-state index contributed by atoms with van der Waals surface area (Å²) >= 11 is 0. The Balaban J connectivity index is 1.15. The number of piperidine rings is 1. The van der Waals surface area contributed by atoms with Gasteiger partial charge in [0.05, 0.1) is 24.5 Å². The molecule has 11 nitrogen and oxygen atoms in total. The molecule has 0 amide bonds. The van der Waals surface area contributed by atoms with E-state index in [0.29, 0.717) is 36.7 Å². The monoisotopic (exact) mass is 494 g/mol. The molecule has 0 radical (unpaired) electrons. The lowest BCUT2D eigenvalue weighted by atomic mass is 9.92. The molecular formula is C25H34N8O3. The van der Waals surface area contributed by atoms with E-state index in [1.165, 1.54) is 0 Å². The Morgan fingerprint density at radius 3 is 2.61 bits per heavy atom. The molecule has 2 N–H and O–H groups in total. The van der Waals surface area contributed by atoms with Crippen molar-refractivity contribution in [1.82, 2.24) is 24.7 Å². The number of aryl methyl sites for hydroxylation is 2. The quantitative estimate of drug-likeness (QED) is 0.520. The molecule has 2 aliphatic rings. The van der Waals surface area contributed by atoms with Crippen molar-refractivity contribution in [3.05, 3.63) is 52.5 Å². The fourth-order valence-electron chi connectivity index (χ4n) is 5.06. The van der Waals surface area contributed by atoms with Crippen molar-refractivity contribution in [2.75, 3.05) is 36.0 Å². The van der Waals surface area contributed by atoms with E-state index in [4.69, 9.17) is 15.0 Å². The molecule has 5 heterocycles. The number of aromatic nitrogens is 5. The summed E-state index contributed by atoms with van der Waals surface area (Å²) in [5.41, 5.74) is 7.37.